The fourth-order valence-corrected chi connectivity index (χ4v) is 2.12. The van der Waals surface area contributed by atoms with Gasteiger partial charge in [0.2, 0.25) is 0 Å². The van der Waals surface area contributed by atoms with Crippen molar-refractivity contribution >= 4 is 0 Å². The zero-order chi connectivity index (χ0) is 13.9. The van der Waals surface area contributed by atoms with Gasteiger partial charge in [-0.15, -0.1) is 5.10 Å². The van der Waals surface area contributed by atoms with Gasteiger partial charge in [0.15, 0.2) is 5.82 Å². The lowest BCUT2D eigenvalue weighted by molar-refractivity contribution is 0.787. The Hall–Kier alpha value is -2.53. The molecule has 0 aliphatic carbocycles. The Kier molecular flexibility index (Phi) is 3.26. The minimum absolute atomic E-state index is 0.531. The van der Waals surface area contributed by atoms with Gasteiger partial charge in [0.05, 0.1) is 5.69 Å². The SMILES string of the molecule is Cc1ccccc1-n1nnnc1-c1ccc(CN)cc1. The van der Waals surface area contributed by atoms with Crippen LogP contribution >= 0.6 is 0 Å². The van der Waals surface area contributed by atoms with E-state index in [4.69, 9.17) is 5.73 Å². The van der Waals surface area contributed by atoms with Gasteiger partial charge in [-0.2, -0.15) is 4.68 Å². The van der Waals surface area contributed by atoms with Gasteiger partial charge in [-0.25, -0.2) is 0 Å². The van der Waals surface area contributed by atoms with Crippen molar-refractivity contribution in [2.45, 2.75) is 13.5 Å². The molecule has 0 spiro atoms. The molecule has 2 N–H and O–H groups in total. The molecule has 0 saturated carbocycles. The Morgan fingerprint density at radius 1 is 1.05 bits per heavy atom. The van der Waals surface area contributed by atoms with E-state index in [-0.39, 0.29) is 0 Å². The summed E-state index contributed by atoms with van der Waals surface area (Å²) in [5.74, 6) is 0.725. The first-order valence-electron chi connectivity index (χ1n) is 6.43. The summed E-state index contributed by atoms with van der Waals surface area (Å²) >= 11 is 0. The van der Waals surface area contributed by atoms with Crippen LogP contribution in [0.1, 0.15) is 11.1 Å². The van der Waals surface area contributed by atoms with Crippen LogP contribution in [0.15, 0.2) is 48.5 Å². The predicted molar refractivity (Wildman–Crippen MR) is 77.2 cm³/mol. The van der Waals surface area contributed by atoms with Crippen LogP contribution < -0.4 is 5.73 Å². The van der Waals surface area contributed by atoms with E-state index < -0.39 is 0 Å². The lowest BCUT2D eigenvalue weighted by atomic mass is 10.1. The molecule has 5 nitrogen and oxygen atoms in total. The topological polar surface area (TPSA) is 69.6 Å². The molecule has 2 aromatic carbocycles. The number of para-hydroxylation sites is 1. The Bertz CT molecular complexity index is 715. The van der Waals surface area contributed by atoms with E-state index in [9.17, 15) is 0 Å². The van der Waals surface area contributed by atoms with Crippen LogP contribution in [0.4, 0.5) is 0 Å². The first-order chi connectivity index (χ1) is 9.79. The largest absolute Gasteiger partial charge is 0.326 e. The van der Waals surface area contributed by atoms with Crippen molar-refractivity contribution in [2.24, 2.45) is 5.73 Å². The highest BCUT2D eigenvalue weighted by Crippen LogP contribution is 2.21. The second kappa shape index (κ2) is 5.22. The van der Waals surface area contributed by atoms with E-state index in [0.717, 1.165) is 28.2 Å². The number of hydrogen-bond donors (Lipinski definition) is 1. The zero-order valence-electron chi connectivity index (χ0n) is 11.2. The molecule has 5 heteroatoms. The molecule has 3 aromatic rings. The molecule has 0 unspecified atom stereocenters. The normalized spacial score (nSPS) is 10.7. The molecule has 20 heavy (non-hydrogen) atoms. The van der Waals surface area contributed by atoms with Gasteiger partial charge in [0.1, 0.15) is 0 Å². The maximum atomic E-state index is 5.61. The van der Waals surface area contributed by atoms with Crippen molar-refractivity contribution in [1.82, 2.24) is 20.2 Å². The van der Waals surface area contributed by atoms with Crippen molar-refractivity contribution in [3.63, 3.8) is 0 Å². The van der Waals surface area contributed by atoms with Crippen molar-refractivity contribution in [3.8, 4) is 17.1 Å². The molecule has 0 atom stereocenters. The number of aromatic nitrogens is 4. The summed E-state index contributed by atoms with van der Waals surface area (Å²) < 4.78 is 1.76. The average molecular weight is 265 g/mol. The van der Waals surface area contributed by atoms with E-state index in [1.54, 1.807) is 4.68 Å². The number of rotatable bonds is 3. The number of hydrogen-bond acceptors (Lipinski definition) is 4. The van der Waals surface area contributed by atoms with Gasteiger partial charge in [-0.05, 0) is 34.5 Å². The number of aryl methyl sites for hydroxylation is 1. The highest BCUT2D eigenvalue weighted by atomic mass is 15.5. The number of tetrazole rings is 1. The van der Waals surface area contributed by atoms with Crippen LogP contribution in [0.2, 0.25) is 0 Å². The summed E-state index contributed by atoms with van der Waals surface area (Å²) in [5, 5.41) is 12.0. The minimum atomic E-state index is 0.531. The van der Waals surface area contributed by atoms with Crippen LogP contribution in [0.25, 0.3) is 17.1 Å². The molecular formula is C15H15N5. The van der Waals surface area contributed by atoms with Crippen molar-refractivity contribution in [1.29, 1.82) is 0 Å². The third-order valence-electron chi connectivity index (χ3n) is 3.26. The van der Waals surface area contributed by atoms with Crippen molar-refractivity contribution in [2.75, 3.05) is 0 Å². The maximum Gasteiger partial charge on any atom is 0.187 e. The van der Waals surface area contributed by atoms with Crippen LogP contribution in [0, 0.1) is 6.92 Å². The van der Waals surface area contributed by atoms with Gasteiger partial charge in [-0.3, -0.25) is 0 Å². The Morgan fingerprint density at radius 3 is 2.50 bits per heavy atom. The van der Waals surface area contributed by atoms with Crippen molar-refractivity contribution < 1.29 is 0 Å². The first-order valence-corrected chi connectivity index (χ1v) is 6.43. The Balaban J connectivity index is 2.08. The smallest absolute Gasteiger partial charge is 0.187 e. The number of benzene rings is 2. The summed E-state index contributed by atoms with van der Waals surface area (Å²) in [5.41, 5.74) is 9.78. The molecule has 0 aliphatic heterocycles. The molecule has 0 amide bonds. The summed E-state index contributed by atoms with van der Waals surface area (Å²) in [4.78, 5) is 0. The second-order valence-electron chi connectivity index (χ2n) is 4.60. The third kappa shape index (κ3) is 2.19. The summed E-state index contributed by atoms with van der Waals surface area (Å²) in [6, 6.07) is 16.0. The predicted octanol–water partition coefficient (Wildman–Crippen LogP) is 2.10. The monoisotopic (exact) mass is 265 g/mol. The molecule has 1 aromatic heterocycles. The first kappa shape index (κ1) is 12.5. The summed E-state index contributed by atoms with van der Waals surface area (Å²) in [6.45, 7) is 2.57. The highest BCUT2D eigenvalue weighted by Gasteiger charge is 2.11. The van der Waals surface area contributed by atoms with Crippen molar-refractivity contribution in [3.05, 3.63) is 59.7 Å². The number of nitrogens with zero attached hydrogens (tertiary/aromatic N) is 4. The molecule has 1 heterocycles. The van der Waals surface area contributed by atoms with Crippen LogP contribution in [-0.2, 0) is 6.54 Å². The molecule has 0 radical (unpaired) electrons. The lowest BCUT2D eigenvalue weighted by Gasteiger charge is -2.07. The molecule has 0 saturated heterocycles. The molecule has 3 rings (SSSR count). The van der Waals surface area contributed by atoms with Gasteiger partial charge in [0, 0.05) is 12.1 Å². The molecule has 0 fully saturated rings. The third-order valence-corrected chi connectivity index (χ3v) is 3.26. The van der Waals surface area contributed by atoms with Crippen LogP contribution in [0.5, 0.6) is 0 Å². The van der Waals surface area contributed by atoms with E-state index in [1.165, 1.54) is 0 Å². The fraction of sp³-hybridized carbons (Fsp3) is 0.133. The Labute approximate surface area is 117 Å². The van der Waals surface area contributed by atoms with E-state index in [0.29, 0.717) is 6.54 Å². The van der Waals surface area contributed by atoms with E-state index in [1.807, 2.05) is 55.5 Å². The van der Waals surface area contributed by atoms with E-state index >= 15 is 0 Å². The average Bonchev–Trinajstić information content (AvgIpc) is 2.97. The lowest BCUT2D eigenvalue weighted by Crippen LogP contribution is -2.02. The fourth-order valence-electron chi connectivity index (χ4n) is 2.12. The van der Waals surface area contributed by atoms with Crippen LogP contribution in [-0.4, -0.2) is 20.2 Å². The quantitative estimate of drug-likeness (QED) is 0.787. The summed E-state index contributed by atoms with van der Waals surface area (Å²) in [6.07, 6.45) is 0. The molecule has 100 valence electrons. The molecular weight excluding hydrogens is 250 g/mol. The standard InChI is InChI=1S/C15H15N5/c1-11-4-2-3-5-14(11)20-15(17-18-19-20)13-8-6-12(10-16)7-9-13/h2-9H,10,16H2,1H3. The highest BCUT2D eigenvalue weighted by molar-refractivity contribution is 5.58. The van der Waals surface area contributed by atoms with Gasteiger partial charge in [-0.1, -0.05) is 42.5 Å². The molecule has 0 bridgehead atoms. The van der Waals surface area contributed by atoms with Gasteiger partial charge >= 0.3 is 0 Å². The van der Waals surface area contributed by atoms with Gasteiger partial charge < -0.3 is 5.73 Å². The van der Waals surface area contributed by atoms with E-state index in [2.05, 4.69) is 15.5 Å². The minimum Gasteiger partial charge on any atom is -0.326 e. The van der Waals surface area contributed by atoms with Gasteiger partial charge in [0.25, 0.3) is 0 Å². The Morgan fingerprint density at radius 2 is 1.80 bits per heavy atom. The number of nitrogens with two attached hydrogens (primary N) is 1. The second-order valence-corrected chi connectivity index (χ2v) is 4.60. The molecule has 0 aliphatic rings. The van der Waals surface area contributed by atoms with Crippen LogP contribution in [0.3, 0.4) is 0 Å². The summed E-state index contributed by atoms with van der Waals surface area (Å²) in [7, 11) is 0. The zero-order valence-corrected chi connectivity index (χ0v) is 11.2. The maximum absolute atomic E-state index is 5.61.